The van der Waals surface area contributed by atoms with Gasteiger partial charge in [0, 0.05) is 13.1 Å². The van der Waals surface area contributed by atoms with E-state index in [2.05, 4.69) is 29.2 Å². The second-order valence-electron chi connectivity index (χ2n) is 7.08. The van der Waals surface area contributed by atoms with E-state index in [1.807, 2.05) is 24.3 Å². The van der Waals surface area contributed by atoms with Crippen LogP contribution in [0, 0.1) is 5.92 Å². The summed E-state index contributed by atoms with van der Waals surface area (Å²) in [7, 11) is 0. The number of hydrogen-bond donors (Lipinski definition) is 1. The molecule has 0 radical (unpaired) electrons. The highest BCUT2D eigenvalue weighted by Gasteiger charge is 2.24. The molecule has 0 bridgehead atoms. The van der Waals surface area contributed by atoms with Gasteiger partial charge in [0.15, 0.2) is 17.6 Å². The molecule has 2 atom stereocenters. The molecule has 2 aliphatic heterocycles. The topological polar surface area (TPSA) is 64.8 Å². The Morgan fingerprint density at radius 3 is 2.65 bits per heavy atom. The predicted molar refractivity (Wildman–Crippen MR) is 98.9 cm³/mol. The molecule has 26 heavy (non-hydrogen) atoms. The maximum atomic E-state index is 11.4. The number of hydrogen-bond acceptors (Lipinski definition) is 4. The molecule has 2 aliphatic rings. The van der Waals surface area contributed by atoms with Gasteiger partial charge >= 0.3 is 0 Å². The summed E-state index contributed by atoms with van der Waals surface area (Å²) in [6, 6.07) is 16.2. The number of amides is 1. The third-order valence-corrected chi connectivity index (χ3v) is 5.17. The largest absolute Gasteiger partial charge is 0.485 e. The van der Waals surface area contributed by atoms with Crippen molar-refractivity contribution in [3.63, 3.8) is 0 Å². The third-order valence-electron chi connectivity index (χ3n) is 5.17. The summed E-state index contributed by atoms with van der Waals surface area (Å²) in [4.78, 5) is 13.7. The van der Waals surface area contributed by atoms with E-state index >= 15 is 0 Å². The number of piperidine rings is 1. The van der Waals surface area contributed by atoms with Gasteiger partial charge in [0.2, 0.25) is 5.91 Å². The molecule has 2 heterocycles. The first kappa shape index (κ1) is 16.9. The number of ether oxygens (including phenoxy) is 2. The van der Waals surface area contributed by atoms with Crippen LogP contribution in [0.25, 0.3) is 0 Å². The Hall–Kier alpha value is -2.53. The van der Waals surface area contributed by atoms with Crippen molar-refractivity contribution in [2.45, 2.75) is 25.5 Å². The Morgan fingerprint density at radius 2 is 1.88 bits per heavy atom. The molecule has 1 saturated heterocycles. The minimum atomic E-state index is -0.181. The number of benzene rings is 2. The molecule has 1 amide bonds. The number of nitrogens with two attached hydrogens (primary N) is 1. The van der Waals surface area contributed by atoms with Gasteiger partial charge in [0.05, 0.1) is 5.92 Å². The third kappa shape index (κ3) is 3.68. The number of fused-ring (bicyclic) bond motifs is 1. The highest BCUT2D eigenvalue weighted by atomic mass is 16.6. The smallest absolute Gasteiger partial charge is 0.221 e. The predicted octanol–water partition coefficient (Wildman–Crippen LogP) is 2.90. The Labute approximate surface area is 153 Å². The van der Waals surface area contributed by atoms with Crippen LogP contribution in [0.2, 0.25) is 0 Å². The van der Waals surface area contributed by atoms with E-state index in [0.717, 1.165) is 49.5 Å². The molecule has 0 aromatic heterocycles. The van der Waals surface area contributed by atoms with E-state index in [4.69, 9.17) is 15.2 Å². The second kappa shape index (κ2) is 7.38. The Balaban J connectivity index is 1.39. The summed E-state index contributed by atoms with van der Waals surface area (Å²) in [5.74, 6) is 1.39. The quantitative estimate of drug-likeness (QED) is 0.919. The van der Waals surface area contributed by atoms with Crippen molar-refractivity contribution in [1.29, 1.82) is 0 Å². The van der Waals surface area contributed by atoms with E-state index in [9.17, 15) is 4.79 Å². The van der Waals surface area contributed by atoms with Crippen LogP contribution in [0.15, 0.2) is 48.5 Å². The van der Waals surface area contributed by atoms with Crippen molar-refractivity contribution in [2.75, 3.05) is 19.7 Å². The fourth-order valence-corrected chi connectivity index (χ4v) is 3.71. The van der Waals surface area contributed by atoms with Crippen molar-refractivity contribution in [3.8, 4) is 11.5 Å². The van der Waals surface area contributed by atoms with E-state index < -0.39 is 0 Å². The number of likely N-dealkylation sites (tertiary alicyclic amines) is 1. The first-order chi connectivity index (χ1) is 12.7. The van der Waals surface area contributed by atoms with Gasteiger partial charge in [0.1, 0.15) is 6.61 Å². The Kier molecular flexibility index (Phi) is 4.80. The van der Waals surface area contributed by atoms with Gasteiger partial charge in [-0.25, -0.2) is 0 Å². The Bertz CT molecular complexity index is 775. The molecule has 2 aromatic carbocycles. The van der Waals surface area contributed by atoms with Crippen LogP contribution in [0.3, 0.4) is 0 Å². The lowest BCUT2D eigenvalue weighted by molar-refractivity contribution is -0.123. The van der Waals surface area contributed by atoms with Gasteiger partial charge in [-0.15, -0.1) is 0 Å². The molecule has 4 rings (SSSR count). The van der Waals surface area contributed by atoms with E-state index in [1.165, 1.54) is 5.56 Å². The lowest BCUT2D eigenvalue weighted by atomic mass is 9.97. The van der Waals surface area contributed by atoms with Gasteiger partial charge < -0.3 is 15.2 Å². The summed E-state index contributed by atoms with van der Waals surface area (Å²) in [6.45, 7) is 3.13. The average molecular weight is 352 g/mol. The maximum Gasteiger partial charge on any atom is 0.221 e. The fourth-order valence-electron chi connectivity index (χ4n) is 3.71. The zero-order valence-corrected chi connectivity index (χ0v) is 14.8. The number of carbonyl (C=O) groups is 1. The lowest BCUT2D eigenvalue weighted by Gasteiger charge is -2.31. The number of nitrogens with zero attached hydrogens (tertiary/aromatic N) is 1. The second-order valence-corrected chi connectivity index (χ2v) is 7.08. The molecular formula is C21H24N2O3. The standard InChI is InChI=1S/C21H24N2O3/c22-21(24)17-4-3-11-23(13-17)12-15-7-9-16(10-8-15)20-14-25-18-5-1-2-6-19(18)26-20/h1-2,5-10,17,20H,3-4,11-14H2,(H2,22,24). The zero-order chi connectivity index (χ0) is 17.9. The van der Waals surface area contributed by atoms with E-state index in [0.29, 0.717) is 6.61 Å². The molecule has 5 nitrogen and oxygen atoms in total. The van der Waals surface area contributed by atoms with Crippen LogP contribution < -0.4 is 15.2 Å². The molecule has 2 aromatic rings. The Morgan fingerprint density at radius 1 is 1.12 bits per heavy atom. The highest BCUT2D eigenvalue weighted by Crippen LogP contribution is 2.35. The van der Waals surface area contributed by atoms with Crippen LogP contribution in [-0.2, 0) is 11.3 Å². The first-order valence-corrected chi connectivity index (χ1v) is 9.18. The number of para-hydroxylation sites is 2. The average Bonchev–Trinajstić information content (AvgIpc) is 2.68. The van der Waals surface area contributed by atoms with Crippen LogP contribution in [0.5, 0.6) is 11.5 Å². The van der Waals surface area contributed by atoms with Gasteiger partial charge in [-0.2, -0.15) is 0 Å². The molecule has 1 fully saturated rings. The van der Waals surface area contributed by atoms with Crippen molar-refractivity contribution in [3.05, 3.63) is 59.7 Å². The lowest BCUT2D eigenvalue weighted by Crippen LogP contribution is -2.40. The molecule has 5 heteroatoms. The summed E-state index contributed by atoms with van der Waals surface area (Å²) < 4.78 is 11.9. The van der Waals surface area contributed by atoms with Gasteiger partial charge in [0.25, 0.3) is 0 Å². The summed E-state index contributed by atoms with van der Waals surface area (Å²) in [5, 5.41) is 0. The van der Waals surface area contributed by atoms with Crippen LogP contribution in [0.4, 0.5) is 0 Å². The zero-order valence-electron chi connectivity index (χ0n) is 14.8. The number of primary amides is 1. The molecule has 0 aliphatic carbocycles. The van der Waals surface area contributed by atoms with Gasteiger partial charge in [-0.3, -0.25) is 9.69 Å². The van der Waals surface area contributed by atoms with Crippen molar-refractivity contribution >= 4 is 5.91 Å². The molecule has 2 unspecified atom stereocenters. The van der Waals surface area contributed by atoms with Gasteiger partial charge in [-0.1, -0.05) is 36.4 Å². The van der Waals surface area contributed by atoms with Crippen LogP contribution in [-0.4, -0.2) is 30.5 Å². The first-order valence-electron chi connectivity index (χ1n) is 9.18. The van der Waals surface area contributed by atoms with E-state index in [-0.39, 0.29) is 17.9 Å². The summed E-state index contributed by atoms with van der Waals surface area (Å²) >= 11 is 0. The minimum Gasteiger partial charge on any atom is -0.485 e. The van der Waals surface area contributed by atoms with Gasteiger partial charge in [-0.05, 0) is 42.6 Å². The monoisotopic (exact) mass is 352 g/mol. The normalized spacial score (nSPS) is 22.8. The number of rotatable bonds is 4. The highest BCUT2D eigenvalue weighted by molar-refractivity contribution is 5.76. The van der Waals surface area contributed by atoms with Crippen LogP contribution >= 0.6 is 0 Å². The number of carbonyl (C=O) groups excluding carboxylic acids is 1. The molecule has 2 N–H and O–H groups in total. The molecular weight excluding hydrogens is 328 g/mol. The van der Waals surface area contributed by atoms with Crippen molar-refractivity contribution in [1.82, 2.24) is 4.90 Å². The molecule has 136 valence electrons. The summed E-state index contributed by atoms with van der Waals surface area (Å²) in [6.07, 6.45) is 1.84. The van der Waals surface area contributed by atoms with Crippen molar-refractivity contribution in [2.24, 2.45) is 11.7 Å². The minimum absolute atomic E-state index is 0.0177. The molecule has 0 saturated carbocycles. The SMILES string of the molecule is NC(=O)C1CCCN(Cc2ccc(C3COc4ccccc4O3)cc2)C1. The summed E-state index contributed by atoms with van der Waals surface area (Å²) in [5.41, 5.74) is 7.81. The fraction of sp³-hybridized carbons (Fsp3) is 0.381. The van der Waals surface area contributed by atoms with E-state index in [1.54, 1.807) is 0 Å². The maximum absolute atomic E-state index is 11.4. The van der Waals surface area contributed by atoms with Crippen molar-refractivity contribution < 1.29 is 14.3 Å². The van der Waals surface area contributed by atoms with Crippen LogP contribution in [0.1, 0.15) is 30.1 Å². The molecule has 0 spiro atoms.